The maximum absolute atomic E-state index is 12.4. The molecule has 33 heavy (non-hydrogen) atoms. The molecular weight excluding hydrogens is 428 g/mol. The molecule has 0 aromatic heterocycles. The highest BCUT2D eigenvalue weighted by Gasteiger charge is 2.40. The summed E-state index contributed by atoms with van der Waals surface area (Å²) in [6, 6.07) is 6.24. The first-order valence-corrected chi connectivity index (χ1v) is 11.2. The molecule has 2 heterocycles. The summed E-state index contributed by atoms with van der Waals surface area (Å²) >= 11 is 0. The first-order chi connectivity index (χ1) is 15.8. The molecule has 182 valence electrons. The Morgan fingerprint density at radius 3 is 2.48 bits per heavy atom. The molecule has 11 nitrogen and oxygen atoms in total. The fraction of sp³-hybridized carbons (Fsp3) is 0.591. The van der Waals surface area contributed by atoms with Crippen LogP contribution >= 0.6 is 0 Å². The van der Waals surface area contributed by atoms with Gasteiger partial charge in [-0.1, -0.05) is 12.1 Å². The van der Waals surface area contributed by atoms with Crippen molar-refractivity contribution in [3.63, 3.8) is 0 Å². The van der Waals surface area contributed by atoms with E-state index in [1.54, 1.807) is 17.0 Å². The Bertz CT molecular complexity index is 827. The number of methoxy groups -OCH3 is 1. The van der Waals surface area contributed by atoms with Gasteiger partial charge in [-0.15, -0.1) is 0 Å². The van der Waals surface area contributed by atoms with Crippen molar-refractivity contribution in [1.82, 2.24) is 14.7 Å². The fourth-order valence-electron chi connectivity index (χ4n) is 4.00. The van der Waals surface area contributed by atoms with Gasteiger partial charge in [0.05, 0.1) is 7.11 Å². The monoisotopic (exact) mass is 462 g/mol. The van der Waals surface area contributed by atoms with Crippen molar-refractivity contribution in [2.75, 3.05) is 46.4 Å². The van der Waals surface area contributed by atoms with Gasteiger partial charge < -0.3 is 30.6 Å². The summed E-state index contributed by atoms with van der Waals surface area (Å²) in [4.78, 5) is 29.7. The van der Waals surface area contributed by atoms with Crippen LogP contribution in [-0.2, 0) is 20.7 Å². The largest absolute Gasteiger partial charge is 0.468 e. The van der Waals surface area contributed by atoms with Gasteiger partial charge in [0.25, 0.3) is 6.29 Å². The van der Waals surface area contributed by atoms with E-state index >= 15 is 0 Å². The lowest BCUT2D eigenvalue weighted by Crippen LogP contribution is -2.51. The van der Waals surface area contributed by atoms with Crippen LogP contribution in [0.4, 0.5) is 4.79 Å². The summed E-state index contributed by atoms with van der Waals surface area (Å²) in [5, 5.41) is 7.50. The predicted octanol–water partition coefficient (Wildman–Crippen LogP) is 0.176. The van der Waals surface area contributed by atoms with Gasteiger partial charge in [0.1, 0.15) is 17.8 Å². The highest BCUT2D eigenvalue weighted by atomic mass is 16.7. The number of guanidine groups is 1. The first kappa shape index (κ1) is 24.6. The summed E-state index contributed by atoms with van der Waals surface area (Å²) in [5.74, 6) is 0.231. The zero-order chi connectivity index (χ0) is 24.0. The van der Waals surface area contributed by atoms with Crippen LogP contribution in [0.3, 0.4) is 0 Å². The zero-order valence-electron chi connectivity index (χ0n) is 19.2. The Morgan fingerprint density at radius 1 is 1.21 bits per heavy atom. The van der Waals surface area contributed by atoms with Gasteiger partial charge in [-0.05, 0) is 44.0 Å². The minimum Gasteiger partial charge on any atom is -0.468 e. The number of ether oxygens (including phenoxy) is 3. The Hall–Kier alpha value is -3.05. The van der Waals surface area contributed by atoms with E-state index in [-0.39, 0.29) is 18.1 Å². The van der Waals surface area contributed by atoms with Crippen molar-refractivity contribution in [2.24, 2.45) is 11.5 Å². The second kappa shape index (κ2) is 11.2. The SMILES string of the molecule is COC(=O)C(N)Cc1ccc(OC2OC(=O)N(CCCN3CCN(C(=N)N)CC3)C2C)cc1. The normalized spacial score (nSPS) is 22.1. The highest BCUT2D eigenvalue weighted by Crippen LogP contribution is 2.24. The van der Waals surface area contributed by atoms with Crippen LogP contribution in [0.5, 0.6) is 5.75 Å². The van der Waals surface area contributed by atoms with Gasteiger partial charge in [0, 0.05) is 32.7 Å². The summed E-state index contributed by atoms with van der Waals surface area (Å²) in [7, 11) is 1.31. The lowest BCUT2D eigenvalue weighted by atomic mass is 10.1. The van der Waals surface area contributed by atoms with Crippen LogP contribution in [0.1, 0.15) is 18.9 Å². The Kier molecular flexibility index (Phi) is 8.34. The summed E-state index contributed by atoms with van der Waals surface area (Å²) in [6.45, 7) is 6.56. The van der Waals surface area contributed by atoms with E-state index < -0.39 is 18.3 Å². The molecule has 1 aromatic rings. The number of hydrogen-bond acceptors (Lipinski definition) is 8. The zero-order valence-corrected chi connectivity index (χ0v) is 19.2. The van der Waals surface area contributed by atoms with Crippen molar-refractivity contribution in [1.29, 1.82) is 5.41 Å². The van der Waals surface area contributed by atoms with Gasteiger partial charge in [0.15, 0.2) is 5.96 Å². The number of piperazine rings is 1. The maximum Gasteiger partial charge on any atom is 0.413 e. The lowest BCUT2D eigenvalue weighted by molar-refractivity contribution is -0.142. The molecule has 2 saturated heterocycles. The summed E-state index contributed by atoms with van der Waals surface area (Å²) in [6.07, 6.45) is 0.107. The fourth-order valence-corrected chi connectivity index (χ4v) is 4.00. The number of carbonyl (C=O) groups is 2. The van der Waals surface area contributed by atoms with Crippen LogP contribution in [-0.4, -0.2) is 97.5 Å². The summed E-state index contributed by atoms with van der Waals surface area (Å²) < 4.78 is 16.0. The average molecular weight is 463 g/mol. The van der Waals surface area contributed by atoms with Crippen molar-refractivity contribution in [3.8, 4) is 5.75 Å². The maximum atomic E-state index is 12.4. The number of cyclic esters (lactones) is 1. The number of nitrogens with zero attached hydrogens (tertiary/aromatic N) is 3. The third kappa shape index (κ3) is 6.48. The topological polar surface area (TPSA) is 147 Å². The van der Waals surface area contributed by atoms with E-state index in [1.807, 2.05) is 24.0 Å². The number of carbonyl (C=O) groups excluding carboxylic acids is 2. The van der Waals surface area contributed by atoms with Crippen molar-refractivity contribution in [2.45, 2.75) is 38.1 Å². The molecule has 2 fully saturated rings. The van der Waals surface area contributed by atoms with Crippen LogP contribution in [0.15, 0.2) is 24.3 Å². The minimum atomic E-state index is -0.718. The molecule has 3 atom stereocenters. The smallest absolute Gasteiger partial charge is 0.413 e. The first-order valence-electron chi connectivity index (χ1n) is 11.2. The van der Waals surface area contributed by atoms with Crippen LogP contribution in [0.2, 0.25) is 0 Å². The molecule has 0 saturated carbocycles. The highest BCUT2D eigenvalue weighted by molar-refractivity contribution is 5.75. The third-order valence-corrected chi connectivity index (χ3v) is 6.06. The van der Waals surface area contributed by atoms with Crippen molar-refractivity contribution in [3.05, 3.63) is 29.8 Å². The molecule has 11 heteroatoms. The van der Waals surface area contributed by atoms with Crippen LogP contribution in [0.25, 0.3) is 0 Å². The Labute approximate surface area is 194 Å². The van der Waals surface area contributed by atoms with Gasteiger partial charge >= 0.3 is 12.1 Å². The predicted molar refractivity (Wildman–Crippen MR) is 122 cm³/mol. The molecule has 0 spiro atoms. The van der Waals surface area contributed by atoms with Crippen molar-refractivity contribution < 1.29 is 23.8 Å². The van der Waals surface area contributed by atoms with E-state index in [0.717, 1.165) is 44.7 Å². The minimum absolute atomic E-state index is 0.119. The van der Waals surface area contributed by atoms with E-state index in [9.17, 15) is 9.59 Å². The molecule has 3 unspecified atom stereocenters. The number of amides is 1. The average Bonchev–Trinajstić information content (AvgIpc) is 3.07. The molecule has 1 amide bonds. The number of esters is 1. The summed E-state index contributed by atoms with van der Waals surface area (Å²) in [5.41, 5.74) is 12.2. The van der Waals surface area contributed by atoms with Crippen LogP contribution in [0, 0.1) is 5.41 Å². The quantitative estimate of drug-likeness (QED) is 0.265. The number of benzene rings is 1. The molecule has 2 aliphatic heterocycles. The van der Waals surface area contributed by atoms with Crippen molar-refractivity contribution >= 4 is 18.0 Å². The van der Waals surface area contributed by atoms with E-state index in [2.05, 4.69) is 9.64 Å². The molecule has 0 bridgehead atoms. The molecule has 3 rings (SSSR count). The van der Waals surface area contributed by atoms with Gasteiger partial charge in [0.2, 0.25) is 0 Å². The number of nitrogens with one attached hydrogen (secondary N) is 1. The molecule has 0 radical (unpaired) electrons. The van der Waals surface area contributed by atoms with E-state index in [1.165, 1.54) is 7.11 Å². The molecular formula is C22H34N6O5. The number of rotatable bonds is 9. The number of nitrogens with two attached hydrogens (primary N) is 2. The molecule has 2 aliphatic rings. The van der Waals surface area contributed by atoms with Gasteiger partial charge in [-0.2, -0.15) is 0 Å². The van der Waals surface area contributed by atoms with Gasteiger partial charge in [-0.3, -0.25) is 20.0 Å². The lowest BCUT2D eigenvalue weighted by Gasteiger charge is -2.35. The molecule has 5 N–H and O–H groups in total. The number of hydrogen-bond donors (Lipinski definition) is 3. The third-order valence-electron chi connectivity index (χ3n) is 6.06. The van der Waals surface area contributed by atoms with E-state index in [4.69, 9.17) is 26.4 Å². The second-order valence-electron chi connectivity index (χ2n) is 8.35. The van der Waals surface area contributed by atoms with Crippen LogP contribution < -0.4 is 16.2 Å². The molecule has 0 aliphatic carbocycles. The second-order valence-corrected chi connectivity index (χ2v) is 8.35. The Balaban J connectivity index is 1.43. The van der Waals surface area contributed by atoms with Gasteiger partial charge in [-0.25, -0.2) is 4.79 Å². The Morgan fingerprint density at radius 2 is 1.88 bits per heavy atom. The molecule has 1 aromatic carbocycles. The standard InChI is InChI=1S/C22H34N6O5/c1-15-20(32-17-6-4-16(5-7-17)14-18(23)19(29)31-2)33-22(30)28(15)9-3-8-26-10-12-27(13-11-26)21(24)25/h4-7,15,18,20H,3,8-14,23H2,1-2H3,(H3,24,25). The van der Waals surface area contributed by atoms with E-state index in [0.29, 0.717) is 18.7 Å².